The molecule has 1 N–H and O–H groups in total. The first kappa shape index (κ1) is 13.1. The van der Waals surface area contributed by atoms with Gasteiger partial charge in [0.1, 0.15) is 11.1 Å². The largest absolute Gasteiger partial charge is 0.326 e. The van der Waals surface area contributed by atoms with Gasteiger partial charge in [0, 0.05) is 29.9 Å². The molecule has 0 fully saturated rings. The monoisotopic (exact) mass is 270 g/mol. The zero-order valence-corrected chi connectivity index (χ0v) is 10.9. The van der Waals surface area contributed by atoms with E-state index in [1.54, 1.807) is 18.3 Å². The van der Waals surface area contributed by atoms with E-state index in [1.165, 1.54) is 24.9 Å². The predicted octanol–water partition coefficient (Wildman–Crippen LogP) is 2.46. The van der Waals surface area contributed by atoms with Crippen molar-refractivity contribution in [3.05, 3.63) is 42.4 Å². The van der Waals surface area contributed by atoms with Crippen molar-refractivity contribution in [3.8, 4) is 6.07 Å². The molecule has 2 rings (SSSR count). The van der Waals surface area contributed by atoms with Gasteiger partial charge in [-0.05, 0) is 24.3 Å². The smallest absolute Gasteiger partial charge is 0.221 e. The summed E-state index contributed by atoms with van der Waals surface area (Å²) in [5.74, 6) is -0.110. The van der Waals surface area contributed by atoms with Gasteiger partial charge in [0.05, 0.1) is 0 Å². The Morgan fingerprint density at radius 2 is 1.95 bits per heavy atom. The Labute approximate surface area is 114 Å². The Morgan fingerprint density at radius 3 is 2.58 bits per heavy atom. The maximum absolute atomic E-state index is 10.9. The summed E-state index contributed by atoms with van der Waals surface area (Å²) in [6.45, 7) is 1.46. The number of nitriles is 1. The molecular weight excluding hydrogens is 260 g/mol. The summed E-state index contributed by atoms with van der Waals surface area (Å²) in [5.41, 5.74) is 1.04. The van der Waals surface area contributed by atoms with Gasteiger partial charge >= 0.3 is 0 Å². The van der Waals surface area contributed by atoms with Crippen LogP contribution in [0.3, 0.4) is 0 Å². The third kappa shape index (κ3) is 3.53. The molecule has 0 aliphatic heterocycles. The van der Waals surface area contributed by atoms with Gasteiger partial charge in [-0.1, -0.05) is 11.8 Å². The van der Waals surface area contributed by atoms with Crippen LogP contribution in [0.25, 0.3) is 0 Å². The van der Waals surface area contributed by atoms with E-state index in [0.29, 0.717) is 10.7 Å². The Bertz CT molecular complexity index is 634. The van der Waals surface area contributed by atoms with Gasteiger partial charge in [-0.15, -0.1) is 0 Å². The van der Waals surface area contributed by atoms with Crippen molar-refractivity contribution >= 4 is 23.4 Å². The lowest BCUT2D eigenvalue weighted by Crippen LogP contribution is -2.05. The fourth-order valence-electron chi connectivity index (χ4n) is 1.40. The lowest BCUT2D eigenvalue weighted by atomic mass is 10.3. The zero-order valence-electron chi connectivity index (χ0n) is 10.1. The number of hydrogen-bond donors (Lipinski definition) is 1. The normalized spacial score (nSPS) is 9.68. The van der Waals surface area contributed by atoms with Crippen molar-refractivity contribution in [2.45, 2.75) is 16.8 Å². The fourth-order valence-corrected chi connectivity index (χ4v) is 2.20. The van der Waals surface area contributed by atoms with Gasteiger partial charge in [0.15, 0.2) is 5.69 Å². The number of carbonyl (C=O) groups is 1. The molecule has 1 amide bonds. The van der Waals surface area contributed by atoms with Gasteiger partial charge in [-0.25, -0.2) is 9.97 Å². The van der Waals surface area contributed by atoms with Crippen molar-refractivity contribution < 1.29 is 4.79 Å². The minimum absolute atomic E-state index is 0.110. The second kappa shape index (κ2) is 5.98. The number of carbonyl (C=O) groups excluding carboxylic acids is 1. The number of anilines is 1. The summed E-state index contributed by atoms with van der Waals surface area (Å²) in [6.07, 6.45) is 3.04. The molecule has 0 saturated heterocycles. The van der Waals surface area contributed by atoms with Crippen LogP contribution in [-0.2, 0) is 4.79 Å². The molecule has 0 aliphatic rings. The van der Waals surface area contributed by atoms with Crippen LogP contribution in [0.15, 0.2) is 46.6 Å². The molecule has 0 unspecified atom stereocenters. The third-order valence-electron chi connectivity index (χ3n) is 2.16. The Kier molecular flexibility index (Phi) is 4.11. The van der Waals surface area contributed by atoms with Crippen molar-refractivity contribution in [1.29, 1.82) is 5.26 Å². The van der Waals surface area contributed by atoms with Crippen molar-refractivity contribution in [2.75, 3.05) is 5.32 Å². The van der Waals surface area contributed by atoms with E-state index < -0.39 is 0 Å². The number of benzene rings is 1. The number of hydrogen-bond acceptors (Lipinski definition) is 5. The molecule has 0 aliphatic carbocycles. The fraction of sp³-hybridized carbons (Fsp3) is 0.0769. The van der Waals surface area contributed by atoms with Crippen LogP contribution in [0, 0.1) is 11.3 Å². The quantitative estimate of drug-likeness (QED) is 0.926. The van der Waals surface area contributed by atoms with Crippen molar-refractivity contribution in [2.24, 2.45) is 0 Å². The molecule has 2 aromatic rings. The van der Waals surface area contributed by atoms with Crippen molar-refractivity contribution in [1.82, 2.24) is 9.97 Å². The summed E-state index contributed by atoms with van der Waals surface area (Å²) < 4.78 is 0. The predicted molar refractivity (Wildman–Crippen MR) is 71.6 cm³/mol. The van der Waals surface area contributed by atoms with E-state index in [4.69, 9.17) is 5.26 Å². The van der Waals surface area contributed by atoms with E-state index in [0.717, 1.165) is 10.6 Å². The van der Waals surface area contributed by atoms with Gasteiger partial charge in [-0.2, -0.15) is 5.26 Å². The average Bonchev–Trinajstić information content (AvgIpc) is 2.41. The minimum atomic E-state index is -0.110. The van der Waals surface area contributed by atoms with Crippen LogP contribution in [-0.4, -0.2) is 15.9 Å². The molecule has 0 atom stereocenters. The number of rotatable bonds is 3. The molecule has 6 heteroatoms. The van der Waals surface area contributed by atoms with Crippen LogP contribution in [0.1, 0.15) is 12.6 Å². The second-order valence-corrected chi connectivity index (χ2v) is 4.69. The van der Waals surface area contributed by atoms with Crippen molar-refractivity contribution in [3.63, 3.8) is 0 Å². The highest BCUT2D eigenvalue weighted by Gasteiger charge is 2.06. The molecule has 19 heavy (non-hydrogen) atoms. The lowest BCUT2D eigenvalue weighted by molar-refractivity contribution is -0.114. The molecule has 0 saturated carbocycles. The van der Waals surface area contributed by atoms with E-state index >= 15 is 0 Å². The minimum Gasteiger partial charge on any atom is -0.326 e. The van der Waals surface area contributed by atoms with E-state index in [1.807, 2.05) is 18.2 Å². The molecule has 0 bridgehead atoms. The Morgan fingerprint density at radius 1 is 1.26 bits per heavy atom. The molecule has 0 radical (unpaired) electrons. The Hall–Kier alpha value is -2.39. The number of nitrogens with zero attached hydrogens (tertiary/aromatic N) is 3. The van der Waals surface area contributed by atoms with Crippen LogP contribution in [0.5, 0.6) is 0 Å². The first-order chi connectivity index (χ1) is 9.19. The van der Waals surface area contributed by atoms with E-state index in [-0.39, 0.29) is 5.91 Å². The molecular formula is C13H10N4OS. The summed E-state index contributed by atoms with van der Waals surface area (Å²) in [5, 5.41) is 12.2. The van der Waals surface area contributed by atoms with Gasteiger partial charge in [0.25, 0.3) is 0 Å². The topological polar surface area (TPSA) is 78.7 Å². The van der Waals surface area contributed by atoms with E-state index in [2.05, 4.69) is 15.3 Å². The highest BCUT2D eigenvalue weighted by atomic mass is 32.2. The second-order valence-electron chi connectivity index (χ2n) is 3.63. The van der Waals surface area contributed by atoms with Gasteiger partial charge in [0.2, 0.25) is 5.91 Å². The molecule has 0 spiro atoms. The molecule has 1 aromatic carbocycles. The highest BCUT2D eigenvalue weighted by molar-refractivity contribution is 7.99. The van der Waals surface area contributed by atoms with Crippen LogP contribution < -0.4 is 5.32 Å². The summed E-state index contributed by atoms with van der Waals surface area (Å²) >= 11 is 1.36. The Balaban J connectivity index is 2.16. The summed E-state index contributed by atoms with van der Waals surface area (Å²) in [7, 11) is 0. The number of amides is 1. The first-order valence-electron chi connectivity index (χ1n) is 5.45. The van der Waals surface area contributed by atoms with E-state index in [9.17, 15) is 4.79 Å². The SMILES string of the molecule is CC(=O)Nc1ccc(Sc2nccnc2C#N)cc1. The zero-order chi connectivity index (χ0) is 13.7. The molecule has 5 nitrogen and oxygen atoms in total. The summed E-state index contributed by atoms with van der Waals surface area (Å²) in [4.78, 5) is 19.9. The van der Waals surface area contributed by atoms with Crippen LogP contribution in [0.2, 0.25) is 0 Å². The van der Waals surface area contributed by atoms with Gasteiger partial charge < -0.3 is 5.32 Å². The number of nitrogens with one attached hydrogen (secondary N) is 1. The molecule has 94 valence electrons. The molecule has 1 heterocycles. The molecule has 1 aromatic heterocycles. The maximum atomic E-state index is 10.9. The average molecular weight is 270 g/mol. The maximum Gasteiger partial charge on any atom is 0.221 e. The van der Waals surface area contributed by atoms with Crippen LogP contribution >= 0.6 is 11.8 Å². The standard InChI is InChI=1S/C13H10N4OS/c1-9(18)17-10-2-4-11(5-3-10)19-13-12(8-14)15-6-7-16-13/h2-7H,1H3,(H,17,18). The first-order valence-corrected chi connectivity index (χ1v) is 6.27. The highest BCUT2D eigenvalue weighted by Crippen LogP contribution is 2.28. The summed E-state index contributed by atoms with van der Waals surface area (Å²) in [6, 6.07) is 9.30. The third-order valence-corrected chi connectivity index (χ3v) is 3.16. The van der Waals surface area contributed by atoms with Gasteiger partial charge in [-0.3, -0.25) is 4.79 Å². The lowest BCUT2D eigenvalue weighted by Gasteiger charge is -2.04. The van der Waals surface area contributed by atoms with Crippen LogP contribution in [0.4, 0.5) is 5.69 Å². The number of aromatic nitrogens is 2.